The van der Waals surface area contributed by atoms with E-state index >= 15 is 0 Å². The Kier molecular flexibility index (Phi) is 7.38. The molecule has 3 aromatic rings. The number of ketones is 2. The van der Waals surface area contributed by atoms with Gasteiger partial charge in [0.1, 0.15) is 6.04 Å². The Labute approximate surface area is 258 Å². The monoisotopic (exact) mass is 609 g/mol. The molecule has 230 valence electrons. The maximum absolute atomic E-state index is 13.0. The van der Waals surface area contributed by atoms with Crippen LogP contribution in [0.4, 0.5) is 0 Å². The van der Waals surface area contributed by atoms with Gasteiger partial charge in [0.25, 0.3) is 11.8 Å². The zero-order valence-electron chi connectivity index (χ0n) is 24.5. The summed E-state index contributed by atoms with van der Waals surface area (Å²) < 4.78 is 5.55. The third-order valence-corrected chi connectivity index (χ3v) is 9.00. The Morgan fingerprint density at radius 2 is 1.60 bits per heavy atom. The van der Waals surface area contributed by atoms with Gasteiger partial charge in [0, 0.05) is 81.5 Å². The molecule has 4 amide bonds. The Morgan fingerprint density at radius 1 is 0.867 bits per heavy atom. The fourth-order valence-electron chi connectivity index (χ4n) is 6.56. The number of amides is 4. The molecule has 1 atom stereocenters. The number of fused-ring (bicyclic) bond motifs is 3. The Balaban J connectivity index is 0.880. The normalized spacial score (nSPS) is 20.1. The summed E-state index contributed by atoms with van der Waals surface area (Å²) in [7, 11) is 0. The van der Waals surface area contributed by atoms with Crippen LogP contribution in [0.1, 0.15) is 76.9 Å². The third kappa shape index (κ3) is 5.36. The molecule has 2 N–H and O–H groups in total. The molecule has 0 radical (unpaired) electrons. The van der Waals surface area contributed by atoms with E-state index in [0.717, 1.165) is 43.9 Å². The molecule has 45 heavy (non-hydrogen) atoms. The summed E-state index contributed by atoms with van der Waals surface area (Å²) in [6.45, 7) is 5.42. The lowest BCUT2D eigenvalue weighted by Crippen LogP contribution is -2.52. The number of nitrogens with one attached hydrogen (secondary N) is 2. The molecule has 1 aromatic heterocycles. The first-order valence-corrected chi connectivity index (χ1v) is 15.1. The van der Waals surface area contributed by atoms with Crippen molar-refractivity contribution < 1.29 is 33.2 Å². The number of imide groups is 1. The smallest absolute Gasteiger partial charge is 0.287 e. The molecule has 4 heterocycles. The SMILES string of the molecule is O=C1CCC(N2Cc3cc(CN4CCN(CCNC(=O)c5cc6c(o5)C(=O)c5ccccc5C6=O)CC4)ccc3C2=O)C(=O)N1. The van der Waals surface area contributed by atoms with Crippen LogP contribution in [0.25, 0.3) is 0 Å². The number of benzene rings is 2. The van der Waals surface area contributed by atoms with Gasteiger partial charge in [0.15, 0.2) is 17.3 Å². The molecule has 7 rings (SSSR count). The number of nitrogens with zero attached hydrogens (tertiary/aromatic N) is 3. The number of hydrogen-bond acceptors (Lipinski definition) is 9. The van der Waals surface area contributed by atoms with Gasteiger partial charge in [-0.3, -0.25) is 43.9 Å². The molecule has 2 aromatic carbocycles. The molecular formula is C33H31N5O7. The minimum absolute atomic E-state index is 0.0596. The molecule has 12 nitrogen and oxygen atoms in total. The molecule has 2 saturated heterocycles. The second kappa shape index (κ2) is 11.5. The second-order valence-corrected chi connectivity index (χ2v) is 11.8. The van der Waals surface area contributed by atoms with Crippen LogP contribution in [0.5, 0.6) is 0 Å². The van der Waals surface area contributed by atoms with Crippen LogP contribution in [-0.2, 0) is 22.7 Å². The summed E-state index contributed by atoms with van der Waals surface area (Å²) in [4.78, 5) is 81.3. The van der Waals surface area contributed by atoms with E-state index in [9.17, 15) is 28.8 Å². The lowest BCUT2D eigenvalue weighted by molar-refractivity contribution is -0.136. The number of piperidine rings is 1. The molecule has 0 bridgehead atoms. The number of carbonyl (C=O) groups is 6. The number of furan rings is 1. The highest BCUT2D eigenvalue weighted by Gasteiger charge is 2.39. The van der Waals surface area contributed by atoms with Crippen LogP contribution in [0.2, 0.25) is 0 Å². The second-order valence-electron chi connectivity index (χ2n) is 11.8. The summed E-state index contributed by atoms with van der Waals surface area (Å²) in [5.74, 6) is -2.25. The highest BCUT2D eigenvalue weighted by Crippen LogP contribution is 2.30. The minimum Gasteiger partial charge on any atom is -0.447 e. The van der Waals surface area contributed by atoms with Gasteiger partial charge in [-0.1, -0.05) is 36.4 Å². The van der Waals surface area contributed by atoms with Gasteiger partial charge in [-0.25, -0.2) is 0 Å². The minimum atomic E-state index is -0.625. The zero-order valence-corrected chi connectivity index (χ0v) is 24.5. The van der Waals surface area contributed by atoms with Gasteiger partial charge in [0.05, 0.1) is 5.56 Å². The van der Waals surface area contributed by atoms with E-state index in [0.29, 0.717) is 37.2 Å². The zero-order chi connectivity index (χ0) is 31.2. The first-order chi connectivity index (χ1) is 21.8. The number of hydrogen-bond donors (Lipinski definition) is 2. The van der Waals surface area contributed by atoms with Gasteiger partial charge in [0.2, 0.25) is 17.6 Å². The van der Waals surface area contributed by atoms with E-state index in [1.165, 1.54) is 6.07 Å². The average molecular weight is 610 g/mol. The highest BCUT2D eigenvalue weighted by molar-refractivity contribution is 6.27. The summed E-state index contributed by atoms with van der Waals surface area (Å²) >= 11 is 0. The fraction of sp³-hybridized carbons (Fsp3) is 0.333. The lowest BCUT2D eigenvalue weighted by atomic mass is 9.89. The van der Waals surface area contributed by atoms with Crippen LogP contribution >= 0.6 is 0 Å². The van der Waals surface area contributed by atoms with Crippen LogP contribution in [0, 0.1) is 0 Å². The first kappa shape index (κ1) is 28.8. The Hall–Kier alpha value is -4.94. The molecule has 1 aliphatic carbocycles. The predicted octanol–water partition coefficient (Wildman–Crippen LogP) is 1.36. The summed E-state index contributed by atoms with van der Waals surface area (Å²) in [5.41, 5.74) is 3.29. The van der Waals surface area contributed by atoms with E-state index in [1.54, 1.807) is 29.2 Å². The van der Waals surface area contributed by atoms with Gasteiger partial charge >= 0.3 is 0 Å². The van der Waals surface area contributed by atoms with E-state index in [2.05, 4.69) is 20.4 Å². The summed E-state index contributed by atoms with van der Waals surface area (Å²) in [6, 6.07) is 13.1. The molecule has 0 spiro atoms. The predicted molar refractivity (Wildman–Crippen MR) is 159 cm³/mol. The Morgan fingerprint density at radius 3 is 2.36 bits per heavy atom. The van der Waals surface area contributed by atoms with Gasteiger partial charge in [-0.05, 0) is 23.6 Å². The number of piperazine rings is 1. The molecular weight excluding hydrogens is 578 g/mol. The molecule has 12 heteroatoms. The largest absolute Gasteiger partial charge is 0.447 e. The fourth-order valence-corrected chi connectivity index (χ4v) is 6.56. The van der Waals surface area contributed by atoms with E-state index in [-0.39, 0.29) is 46.7 Å². The van der Waals surface area contributed by atoms with Crippen LogP contribution in [-0.4, -0.2) is 95.2 Å². The van der Waals surface area contributed by atoms with Crippen molar-refractivity contribution >= 4 is 35.2 Å². The number of carbonyl (C=O) groups excluding carboxylic acids is 6. The van der Waals surface area contributed by atoms with Gasteiger partial charge < -0.3 is 14.6 Å². The van der Waals surface area contributed by atoms with Crippen LogP contribution < -0.4 is 10.6 Å². The first-order valence-electron chi connectivity index (χ1n) is 15.1. The van der Waals surface area contributed by atoms with Crippen molar-refractivity contribution in [1.29, 1.82) is 0 Å². The standard InChI is InChI=1S/C33H31N5O7/c39-27-8-7-25(31(42)35-27)38-18-20-15-19(5-6-21(20)33(38)44)17-37-13-11-36(12-14-37)10-9-34-32(43)26-16-24-28(40)22-3-1-2-4-23(22)29(41)30(24)45-26/h1-6,15-16,25H,7-14,17-18H2,(H,34,43)(H,35,39,42). The molecule has 3 aliphatic heterocycles. The average Bonchev–Trinajstić information content (AvgIpc) is 3.63. The van der Waals surface area contributed by atoms with E-state index < -0.39 is 23.6 Å². The maximum atomic E-state index is 13.0. The number of rotatable bonds is 7. The van der Waals surface area contributed by atoms with Crippen molar-refractivity contribution in [1.82, 2.24) is 25.3 Å². The quantitative estimate of drug-likeness (QED) is 0.296. The maximum Gasteiger partial charge on any atom is 0.287 e. The Bertz CT molecular complexity index is 1720. The van der Waals surface area contributed by atoms with Crippen LogP contribution in [0.3, 0.4) is 0 Å². The van der Waals surface area contributed by atoms with Gasteiger partial charge in [-0.2, -0.15) is 0 Å². The van der Waals surface area contributed by atoms with Gasteiger partial charge in [-0.15, -0.1) is 0 Å². The van der Waals surface area contributed by atoms with E-state index in [4.69, 9.17) is 4.42 Å². The van der Waals surface area contributed by atoms with Crippen molar-refractivity contribution in [3.8, 4) is 0 Å². The van der Waals surface area contributed by atoms with E-state index in [1.807, 2.05) is 18.2 Å². The third-order valence-electron chi connectivity index (χ3n) is 9.00. The van der Waals surface area contributed by atoms with Crippen molar-refractivity contribution in [2.75, 3.05) is 39.3 Å². The molecule has 0 saturated carbocycles. The molecule has 1 unspecified atom stereocenters. The summed E-state index contributed by atoms with van der Waals surface area (Å²) in [6.07, 6.45) is 0.568. The topological polar surface area (TPSA) is 149 Å². The van der Waals surface area contributed by atoms with Crippen LogP contribution in [0.15, 0.2) is 52.9 Å². The van der Waals surface area contributed by atoms with Crippen molar-refractivity contribution in [2.45, 2.75) is 32.0 Å². The van der Waals surface area contributed by atoms with Crippen molar-refractivity contribution in [2.24, 2.45) is 0 Å². The molecule has 4 aliphatic rings. The van der Waals surface area contributed by atoms with Crippen molar-refractivity contribution in [3.05, 3.63) is 93.4 Å². The lowest BCUT2D eigenvalue weighted by Gasteiger charge is -2.34. The molecule has 2 fully saturated rings. The summed E-state index contributed by atoms with van der Waals surface area (Å²) in [5, 5.41) is 5.17. The van der Waals surface area contributed by atoms with Crippen molar-refractivity contribution in [3.63, 3.8) is 0 Å². The highest BCUT2D eigenvalue weighted by atomic mass is 16.4.